The third-order valence-electron chi connectivity index (χ3n) is 4.49. The molecule has 2 heterocycles. The van der Waals surface area contributed by atoms with E-state index in [1.165, 1.54) is 16.8 Å². The molecule has 6 heteroatoms. The maximum atomic E-state index is 12.2. The van der Waals surface area contributed by atoms with Crippen molar-refractivity contribution in [2.45, 2.75) is 12.5 Å². The van der Waals surface area contributed by atoms with Gasteiger partial charge >= 0.3 is 0 Å². The second-order valence-electron chi connectivity index (χ2n) is 6.35. The van der Waals surface area contributed by atoms with Crippen LogP contribution in [0.3, 0.4) is 0 Å². The summed E-state index contributed by atoms with van der Waals surface area (Å²) in [5, 5.41) is 2.96. The van der Waals surface area contributed by atoms with Gasteiger partial charge in [-0.05, 0) is 65.8 Å². The predicted octanol–water partition coefficient (Wildman–Crippen LogP) is 3.07. The summed E-state index contributed by atoms with van der Waals surface area (Å²) >= 11 is 3.21. The molecule has 0 fully saturated rings. The molecule has 3 rings (SSSR count). The standard InChI is InChI=1S/C18H22BrN3O2/c1-21(2)15(11-20-18(23)16-6-7-17(19)24-16)12-4-5-14-13(10-12)8-9-22(14)3/h4-7,10,15H,8-9,11H2,1-3H3,(H,20,23). The summed E-state index contributed by atoms with van der Waals surface area (Å²) in [5.41, 5.74) is 3.90. The molecule has 1 aliphatic heterocycles. The maximum absolute atomic E-state index is 12.2. The van der Waals surface area contributed by atoms with Crippen LogP contribution < -0.4 is 10.2 Å². The third kappa shape index (κ3) is 3.49. The van der Waals surface area contributed by atoms with Crippen molar-refractivity contribution in [3.63, 3.8) is 0 Å². The Morgan fingerprint density at radius 3 is 2.83 bits per heavy atom. The van der Waals surface area contributed by atoms with Gasteiger partial charge in [-0.3, -0.25) is 4.79 Å². The number of furan rings is 1. The van der Waals surface area contributed by atoms with Crippen LogP contribution in [0.2, 0.25) is 0 Å². The van der Waals surface area contributed by atoms with Crippen molar-refractivity contribution in [2.75, 3.05) is 39.1 Å². The number of amides is 1. The molecule has 0 radical (unpaired) electrons. The number of hydrogen-bond acceptors (Lipinski definition) is 4. The molecule has 5 nitrogen and oxygen atoms in total. The Balaban J connectivity index is 1.72. The van der Waals surface area contributed by atoms with Gasteiger partial charge in [0.1, 0.15) is 0 Å². The Bertz CT molecular complexity index is 742. The molecule has 1 N–H and O–H groups in total. The fourth-order valence-electron chi connectivity index (χ4n) is 3.11. The first-order chi connectivity index (χ1) is 11.5. The van der Waals surface area contributed by atoms with Crippen LogP contribution in [0.5, 0.6) is 0 Å². The largest absolute Gasteiger partial charge is 0.444 e. The van der Waals surface area contributed by atoms with Gasteiger partial charge in [0.2, 0.25) is 0 Å². The predicted molar refractivity (Wildman–Crippen MR) is 98.6 cm³/mol. The zero-order valence-corrected chi connectivity index (χ0v) is 15.8. The molecule has 128 valence electrons. The Labute approximate surface area is 150 Å². The summed E-state index contributed by atoms with van der Waals surface area (Å²) < 4.78 is 5.86. The number of carbonyl (C=O) groups is 1. The van der Waals surface area contributed by atoms with Crippen molar-refractivity contribution in [1.29, 1.82) is 0 Å². The Kier molecular flexibility index (Phi) is 4.96. The molecule has 24 heavy (non-hydrogen) atoms. The lowest BCUT2D eigenvalue weighted by Gasteiger charge is -2.25. The minimum atomic E-state index is -0.201. The molecule has 1 aromatic carbocycles. The van der Waals surface area contributed by atoms with Crippen molar-refractivity contribution in [3.05, 3.63) is 51.9 Å². The van der Waals surface area contributed by atoms with Gasteiger partial charge in [0, 0.05) is 25.8 Å². The number of rotatable bonds is 5. The summed E-state index contributed by atoms with van der Waals surface area (Å²) in [4.78, 5) is 16.6. The highest BCUT2D eigenvalue weighted by molar-refractivity contribution is 9.10. The van der Waals surface area contributed by atoms with Crippen molar-refractivity contribution < 1.29 is 9.21 Å². The lowest BCUT2D eigenvalue weighted by atomic mass is 10.0. The Hall–Kier alpha value is -1.79. The molecule has 1 atom stereocenters. The van der Waals surface area contributed by atoms with Crippen LogP contribution in [-0.4, -0.2) is 45.0 Å². The number of anilines is 1. The summed E-state index contributed by atoms with van der Waals surface area (Å²) in [7, 11) is 6.18. The molecule has 1 amide bonds. The molecular weight excluding hydrogens is 370 g/mol. The van der Waals surface area contributed by atoms with Crippen molar-refractivity contribution >= 4 is 27.5 Å². The molecule has 0 saturated heterocycles. The Morgan fingerprint density at radius 2 is 2.17 bits per heavy atom. The number of likely N-dealkylation sites (N-methyl/N-ethyl adjacent to an activating group) is 2. The van der Waals surface area contributed by atoms with Crippen molar-refractivity contribution in [3.8, 4) is 0 Å². The zero-order chi connectivity index (χ0) is 17.3. The van der Waals surface area contributed by atoms with Crippen LogP contribution in [0.15, 0.2) is 39.4 Å². The minimum absolute atomic E-state index is 0.114. The lowest BCUT2D eigenvalue weighted by Crippen LogP contribution is -2.34. The number of halogens is 1. The van der Waals surface area contributed by atoms with Gasteiger partial charge in [0.15, 0.2) is 10.4 Å². The Morgan fingerprint density at radius 1 is 1.38 bits per heavy atom. The summed E-state index contributed by atoms with van der Waals surface area (Å²) in [6.45, 7) is 1.59. The monoisotopic (exact) mass is 391 g/mol. The lowest BCUT2D eigenvalue weighted by molar-refractivity contribution is 0.0913. The maximum Gasteiger partial charge on any atom is 0.287 e. The van der Waals surface area contributed by atoms with E-state index in [1.54, 1.807) is 12.1 Å². The molecular formula is C18H22BrN3O2. The summed E-state index contributed by atoms with van der Waals surface area (Å²) in [5.74, 6) is 0.114. The van der Waals surface area contributed by atoms with Gasteiger partial charge in [-0.1, -0.05) is 12.1 Å². The van der Waals surface area contributed by atoms with Gasteiger partial charge in [0.25, 0.3) is 5.91 Å². The topological polar surface area (TPSA) is 48.7 Å². The number of benzene rings is 1. The van der Waals surface area contributed by atoms with Crippen LogP contribution in [0.4, 0.5) is 5.69 Å². The SMILES string of the molecule is CN1CCc2cc(C(CNC(=O)c3ccc(Br)o3)N(C)C)ccc21. The first-order valence-corrected chi connectivity index (χ1v) is 8.79. The van der Waals surface area contributed by atoms with E-state index >= 15 is 0 Å². The second-order valence-corrected chi connectivity index (χ2v) is 7.13. The van der Waals surface area contributed by atoms with E-state index in [2.05, 4.69) is 56.3 Å². The molecule has 0 aliphatic carbocycles. The molecule has 1 unspecified atom stereocenters. The first-order valence-electron chi connectivity index (χ1n) is 7.99. The van der Waals surface area contributed by atoms with E-state index < -0.39 is 0 Å². The van der Waals surface area contributed by atoms with Gasteiger partial charge in [-0.15, -0.1) is 0 Å². The number of nitrogens with one attached hydrogen (secondary N) is 1. The molecule has 1 aromatic heterocycles. The van der Waals surface area contributed by atoms with Gasteiger partial charge in [-0.25, -0.2) is 0 Å². The highest BCUT2D eigenvalue weighted by Crippen LogP contribution is 2.30. The van der Waals surface area contributed by atoms with Crippen LogP contribution in [0.25, 0.3) is 0 Å². The van der Waals surface area contributed by atoms with Crippen molar-refractivity contribution in [2.24, 2.45) is 0 Å². The molecule has 0 saturated carbocycles. The quantitative estimate of drug-likeness (QED) is 0.850. The number of hydrogen-bond donors (Lipinski definition) is 1. The summed E-state index contributed by atoms with van der Waals surface area (Å²) in [6.07, 6.45) is 1.08. The first kappa shape index (κ1) is 17.0. The minimum Gasteiger partial charge on any atom is -0.444 e. The van der Waals surface area contributed by atoms with Gasteiger partial charge in [0.05, 0.1) is 6.04 Å². The van der Waals surface area contributed by atoms with E-state index in [9.17, 15) is 4.79 Å². The van der Waals surface area contributed by atoms with Gasteiger partial charge in [-0.2, -0.15) is 0 Å². The third-order valence-corrected chi connectivity index (χ3v) is 4.92. The fraction of sp³-hybridized carbons (Fsp3) is 0.389. The van der Waals surface area contributed by atoms with E-state index in [0.717, 1.165) is 13.0 Å². The average molecular weight is 392 g/mol. The number of fused-ring (bicyclic) bond motifs is 1. The van der Waals surface area contributed by atoms with E-state index in [0.29, 0.717) is 17.0 Å². The number of nitrogens with zero attached hydrogens (tertiary/aromatic N) is 2. The summed E-state index contributed by atoms with van der Waals surface area (Å²) in [6, 6.07) is 10.1. The van der Waals surface area contributed by atoms with Gasteiger partial charge < -0.3 is 19.5 Å². The van der Waals surface area contributed by atoms with Crippen LogP contribution in [-0.2, 0) is 6.42 Å². The zero-order valence-electron chi connectivity index (χ0n) is 14.2. The second kappa shape index (κ2) is 6.99. The number of carbonyl (C=O) groups excluding carboxylic acids is 1. The smallest absolute Gasteiger partial charge is 0.287 e. The average Bonchev–Trinajstić information content (AvgIpc) is 3.13. The van der Waals surface area contributed by atoms with E-state index in [1.807, 2.05) is 14.1 Å². The molecule has 2 aromatic rings. The van der Waals surface area contributed by atoms with Crippen molar-refractivity contribution in [1.82, 2.24) is 10.2 Å². The molecule has 0 bridgehead atoms. The van der Waals surface area contributed by atoms with Crippen LogP contribution >= 0.6 is 15.9 Å². The fourth-order valence-corrected chi connectivity index (χ4v) is 3.41. The normalized spacial score (nSPS) is 14.8. The van der Waals surface area contributed by atoms with Crippen LogP contribution in [0, 0.1) is 0 Å². The van der Waals surface area contributed by atoms with E-state index in [4.69, 9.17) is 4.42 Å². The molecule has 1 aliphatic rings. The van der Waals surface area contributed by atoms with E-state index in [-0.39, 0.29) is 11.9 Å². The molecule has 0 spiro atoms. The van der Waals surface area contributed by atoms with Crippen LogP contribution in [0.1, 0.15) is 27.7 Å². The highest BCUT2D eigenvalue weighted by atomic mass is 79.9. The highest BCUT2D eigenvalue weighted by Gasteiger charge is 2.21.